The van der Waals surface area contributed by atoms with E-state index in [0.29, 0.717) is 42.8 Å². The van der Waals surface area contributed by atoms with Gasteiger partial charge in [0.2, 0.25) is 0 Å². The largest absolute Gasteiger partial charge is 0.488 e. The van der Waals surface area contributed by atoms with Gasteiger partial charge in [-0.05, 0) is 42.7 Å². The Morgan fingerprint density at radius 3 is 2.53 bits per heavy atom. The van der Waals surface area contributed by atoms with Crippen LogP contribution < -0.4 is 15.8 Å². The first-order valence-electron chi connectivity index (χ1n) is 9.72. The van der Waals surface area contributed by atoms with Crippen LogP contribution in [0.2, 0.25) is 0 Å². The van der Waals surface area contributed by atoms with E-state index in [4.69, 9.17) is 15.2 Å². The zero-order chi connectivity index (χ0) is 21.5. The summed E-state index contributed by atoms with van der Waals surface area (Å²) in [6, 6.07) is 13.9. The highest BCUT2D eigenvalue weighted by Crippen LogP contribution is 2.19. The molecular formula is C22H25N3O5. The molecule has 2 aromatic rings. The van der Waals surface area contributed by atoms with Gasteiger partial charge in [-0.15, -0.1) is 0 Å². The minimum atomic E-state index is -0.558. The number of primary amides is 1. The van der Waals surface area contributed by atoms with Crippen LogP contribution in [0, 0.1) is 0 Å². The number of methoxy groups -OCH3 is 1. The van der Waals surface area contributed by atoms with Gasteiger partial charge in [-0.1, -0.05) is 24.3 Å². The second kappa shape index (κ2) is 9.78. The first-order valence-corrected chi connectivity index (χ1v) is 9.72. The number of hydrogen-bond donors (Lipinski definition) is 2. The van der Waals surface area contributed by atoms with Crippen LogP contribution in [-0.4, -0.2) is 49.0 Å². The Hall–Kier alpha value is -3.55. The fraction of sp³-hybridized carbons (Fsp3) is 0.318. The lowest BCUT2D eigenvalue weighted by Gasteiger charge is -2.31. The fourth-order valence-electron chi connectivity index (χ4n) is 3.36. The monoisotopic (exact) mass is 411 g/mol. The van der Waals surface area contributed by atoms with Gasteiger partial charge in [0.15, 0.2) is 0 Å². The second-order valence-electron chi connectivity index (χ2n) is 7.05. The molecule has 3 rings (SSSR count). The molecule has 1 aliphatic rings. The number of nitrogens with one attached hydrogen (secondary N) is 1. The second-order valence-corrected chi connectivity index (χ2v) is 7.05. The van der Waals surface area contributed by atoms with Crippen molar-refractivity contribution in [3.63, 3.8) is 0 Å². The molecule has 3 amide bonds. The third-order valence-electron chi connectivity index (χ3n) is 5.00. The number of rotatable bonds is 6. The molecule has 0 spiro atoms. The third kappa shape index (κ3) is 5.28. The molecule has 3 N–H and O–H groups in total. The number of carbonyl (C=O) groups excluding carboxylic acids is 3. The summed E-state index contributed by atoms with van der Waals surface area (Å²) in [5.74, 6) is -0.333. The maximum atomic E-state index is 12.6. The van der Waals surface area contributed by atoms with Gasteiger partial charge in [-0.25, -0.2) is 4.79 Å². The van der Waals surface area contributed by atoms with Crippen molar-refractivity contribution in [1.29, 1.82) is 0 Å². The lowest BCUT2D eigenvalue weighted by atomic mass is 10.0. The maximum absolute atomic E-state index is 12.6. The van der Waals surface area contributed by atoms with E-state index in [1.165, 1.54) is 7.11 Å². The van der Waals surface area contributed by atoms with Crippen LogP contribution in [0.3, 0.4) is 0 Å². The van der Waals surface area contributed by atoms with Crippen LogP contribution in [0.1, 0.15) is 39.1 Å². The highest BCUT2D eigenvalue weighted by atomic mass is 16.5. The Morgan fingerprint density at radius 1 is 1.10 bits per heavy atom. The van der Waals surface area contributed by atoms with Crippen molar-refractivity contribution >= 4 is 17.9 Å². The first-order chi connectivity index (χ1) is 14.5. The summed E-state index contributed by atoms with van der Waals surface area (Å²) in [7, 11) is 1.36. The van der Waals surface area contributed by atoms with Gasteiger partial charge in [0.05, 0.1) is 12.7 Å². The molecule has 0 saturated carbocycles. The number of hydrogen-bond acceptors (Lipinski definition) is 5. The van der Waals surface area contributed by atoms with E-state index >= 15 is 0 Å². The van der Waals surface area contributed by atoms with E-state index in [9.17, 15) is 14.4 Å². The van der Waals surface area contributed by atoms with Crippen LogP contribution in [0.25, 0.3) is 0 Å². The number of nitrogens with two attached hydrogens (primary N) is 1. The highest BCUT2D eigenvalue weighted by molar-refractivity contribution is 5.95. The van der Waals surface area contributed by atoms with Crippen molar-refractivity contribution in [2.24, 2.45) is 5.73 Å². The summed E-state index contributed by atoms with van der Waals surface area (Å²) in [5.41, 5.74) is 7.00. The normalized spacial score (nSPS) is 14.1. The van der Waals surface area contributed by atoms with Crippen molar-refractivity contribution in [3.8, 4) is 5.75 Å². The Balaban J connectivity index is 1.57. The Labute approximate surface area is 174 Å². The minimum Gasteiger partial charge on any atom is -0.488 e. The molecule has 0 atom stereocenters. The molecule has 0 bridgehead atoms. The molecule has 8 nitrogen and oxygen atoms in total. The summed E-state index contributed by atoms with van der Waals surface area (Å²) >= 11 is 0. The summed E-state index contributed by atoms with van der Waals surface area (Å²) in [4.78, 5) is 37.3. The number of carbonyl (C=O) groups is 3. The topological polar surface area (TPSA) is 111 Å². The number of piperidine rings is 1. The van der Waals surface area contributed by atoms with Crippen LogP contribution in [0.4, 0.5) is 4.79 Å². The van der Waals surface area contributed by atoms with Crippen LogP contribution in [0.15, 0.2) is 48.5 Å². The fourth-order valence-corrected chi connectivity index (χ4v) is 3.36. The average Bonchev–Trinajstić information content (AvgIpc) is 2.78. The van der Waals surface area contributed by atoms with Crippen molar-refractivity contribution in [2.75, 3.05) is 20.2 Å². The van der Waals surface area contributed by atoms with Crippen LogP contribution >= 0.6 is 0 Å². The van der Waals surface area contributed by atoms with Gasteiger partial charge < -0.3 is 25.4 Å². The number of nitrogens with zero attached hydrogens (tertiary/aromatic N) is 1. The molecule has 30 heavy (non-hydrogen) atoms. The Bertz CT molecular complexity index is 922. The molecule has 0 radical (unpaired) electrons. The van der Waals surface area contributed by atoms with E-state index in [-0.39, 0.29) is 24.6 Å². The molecule has 8 heteroatoms. The smallest absolute Gasteiger partial charge is 0.409 e. The van der Waals surface area contributed by atoms with E-state index < -0.39 is 5.91 Å². The van der Waals surface area contributed by atoms with E-state index in [0.717, 1.165) is 5.56 Å². The van der Waals surface area contributed by atoms with E-state index in [1.807, 2.05) is 6.07 Å². The SMILES string of the molecule is COC(=O)N1CCC(NC(=O)c2cccc(COc3ccccc3C(N)=O)c2)CC1. The van der Waals surface area contributed by atoms with Gasteiger partial charge in [0, 0.05) is 24.7 Å². The molecule has 2 aromatic carbocycles. The van der Waals surface area contributed by atoms with Crippen molar-refractivity contribution in [3.05, 3.63) is 65.2 Å². The van der Waals surface area contributed by atoms with Crippen LogP contribution in [-0.2, 0) is 11.3 Å². The predicted octanol–water partition coefficient (Wildman–Crippen LogP) is 2.33. The molecular weight excluding hydrogens is 386 g/mol. The predicted molar refractivity (Wildman–Crippen MR) is 110 cm³/mol. The molecule has 1 fully saturated rings. The molecule has 1 saturated heterocycles. The first kappa shape index (κ1) is 21.2. The summed E-state index contributed by atoms with van der Waals surface area (Å²) in [6.45, 7) is 1.29. The quantitative estimate of drug-likeness (QED) is 0.758. The molecule has 0 aromatic heterocycles. The summed E-state index contributed by atoms with van der Waals surface area (Å²) in [6.07, 6.45) is 1.01. The highest BCUT2D eigenvalue weighted by Gasteiger charge is 2.24. The standard InChI is InChI=1S/C22H25N3O5/c1-29-22(28)25-11-9-17(10-12-25)24-21(27)16-6-4-5-15(13-16)14-30-19-8-3-2-7-18(19)20(23)26/h2-8,13,17H,9-12,14H2,1H3,(H2,23,26)(H,24,27). The summed E-state index contributed by atoms with van der Waals surface area (Å²) < 4.78 is 10.5. The minimum absolute atomic E-state index is 0.000700. The van der Waals surface area contributed by atoms with E-state index in [2.05, 4.69) is 5.32 Å². The molecule has 1 aliphatic heterocycles. The molecule has 1 heterocycles. The number of para-hydroxylation sites is 1. The third-order valence-corrected chi connectivity index (χ3v) is 5.00. The number of ether oxygens (including phenoxy) is 2. The van der Waals surface area contributed by atoms with Gasteiger partial charge in [-0.2, -0.15) is 0 Å². The van der Waals surface area contributed by atoms with Crippen LogP contribution in [0.5, 0.6) is 5.75 Å². The zero-order valence-electron chi connectivity index (χ0n) is 16.8. The molecule has 0 unspecified atom stereocenters. The lowest BCUT2D eigenvalue weighted by Crippen LogP contribution is -2.46. The number of likely N-dealkylation sites (tertiary alicyclic amines) is 1. The number of amides is 3. The summed E-state index contributed by atoms with van der Waals surface area (Å²) in [5, 5.41) is 3.02. The molecule has 0 aliphatic carbocycles. The zero-order valence-corrected chi connectivity index (χ0v) is 16.8. The molecule has 158 valence electrons. The lowest BCUT2D eigenvalue weighted by molar-refractivity contribution is 0.0891. The Kier molecular flexibility index (Phi) is 6.90. The van der Waals surface area contributed by atoms with Crippen molar-refractivity contribution < 1.29 is 23.9 Å². The Morgan fingerprint density at radius 2 is 1.83 bits per heavy atom. The van der Waals surface area contributed by atoms with Gasteiger partial charge in [0.1, 0.15) is 12.4 Å². The van der Waals surface area contributed by atoms with Gasteiger partial charge >= 0.3 is 6.09 Å². The van der Waals surface area contributed by atoms with E-state index in [1.54, 1.807) is 47.4 Å². The van der Waals surface area contributed by atoms with Gasteiger partial charge in [0.25, 0.3) is 11.8 Å². The van der Waals surface area contributed by atoms with Crippen molar-refractivity contribution in [2.45, 2.75) is 25.5 Å². The van der Waals surface area contributed by atoms with Crippen molar-refractivity contribution in [1.82, 2.24) is 10.2 Å². The maximum Gasteiger partial charge on any atom is 0.409 e. The van der Waals surface area contributed by atoms with Gasteiger partial charge in [-0.3, -0.25) is 9.59 Å². The number of benzene rings is 2. The average molecular weight is 411 g/mol.